The fourth-order valence-corrected chi connectivity index (χ4v) is 4.80. The van der Waals surface area contributed by atoms with Crippen LogP contribution in [0.2, 0.25) is 0 Å². The van der Waals surface area contributed by atoms with E-state index in [9.17, 15) is 22.8 Å². The van der Waals surface area contributed by atoms with Crippen molar-refractivity contribution < 1.29 is 27.1 Å². The van der Waals surface area contributed by atoms with Gasteiger partial charge in [0.25, 0.3) is 5.91 Å². The molecule has 0 fully saturated rings. The molecule has 0 saturated carbocycles. The molecule has 1 atom stereocenters. The first-order valence-corrected chi connectivity index (χ1v) is 12.6. The minimum atomic E-state index is -4.60. The van der Waals surface area contributed by atoms with Crippen molar-refractivity contribution in [1.82, 2.24) is 0 Å². The first kappa shape index (κ1) is 25.6. The number of fused-ring (bicyclic) bond motifs is 2. The molecule has 5 rings (SSSR count). The normalized spacial score (nSPS) is 15.2. The lowest BCUT2D eigenvalue weighted by atomic mass is 9.98. The second-order valence-corrected chi connectivity index (χ2v) is 9.27. The van der Waals surface area contributed by atoms with Gasteiger partial charge in [-0.3, -0.25) is 14.5 Å². The van der Waals surface area contributed by atoms with E-state index in [4.69, 9.17) is 9.15 Å². The van der Waals surface area contributed by atoms with E-state index in [1.807, 2.05) is 0 Å². The van der Waals surface area contributed by atoms with Gasteiger partial charge in [0, 0.05) is 5.69 Å². The summed E-state index contributed by atoms with van der Waals surface area (Å²) in [5.41, 5.74) is -0.392. The van der Waals surface area contributed by atoms with Crippen LogP contribution in [0.4, 0.5) is 18.9 Å². The van der Waals surface area contributed by atoms with Crippen molar-refractivity contribution in [1.29, 1.82) is 0 Å². The Hall–Kier alpha value is -4.07. The van der Waals surface area contributed by atoms with E-state index in [2.05, 4.69) is 6.92 Å². The van der Waals surface area contributed by atoms with Gasteiger partial charge in [0.05, 0.1) is 29.2 Å². The smallest absolute Gasteiger partial charge is 0.416 e. The summed E-state index contributed by atoms with van der Waals surface area (Å²) in [4.78, 5) is 28.4. The third-order valence-electron chi connectivity index (χ3n) is 6.69. The number of alkyl halides is 3. The highest BCUT2D eigenvalue weighted by Gasteiger charge is 2.44. The van der Waals surface area contributed by atoms with Crippen LogP contribution in [0.15, 0.2) is 82.0 Å². The van der Waals surface area contributed by atoms with Crippen molar-refractivity contribution in [3.05, 3.63) is 105 Å². The number of rotatable bonds is 8. The molecule has 1 amide bonds. The number of carbonyl (C=O) groups excluding carboxylic acids is 1. The van der Waals surface area contributed by atoms with Crippen LogP contribution in [0.1, 0.15) is 65.9 Å². The number of unbranched alkanes of at least 4 members (excludes halogenated alkanes) is 3. The highest BCUT2D eigenvalue weighted by Crippen LogP contribution is 2.43. The van der Waals surface area contributed by atoms with Crippen molar-refractivity contribution in [3.63, 3.8) is 0 Å². The number of benzene rings is 3. The number of ether oxygens (including phenoxy) is 1. The Balaban J connectivity index is 1.58. The maximum atomic E-state index is 13.6. The number of nitrogens with zero attached hydrogens (tertiary/aromatic N) is 1. The zero-order valence-electron chi connectivity index (χ0n) is 20.8. The molecule has 4 aromatic rings. The molecule has 38 heavy (non-hydrogen) atoms. The molecule has 1 aliphatic heterocycles. The average Bonchev–Trinajstić information content (AvgIpc) is 3.21. The highest BCUT2D eigenvalue weighted by atomic mass is 19.4. The first-order valence-electron chi connectivity index (χ1n) is 12.6. The Bertz CT molecular complexity index is 1530. The van der Waals surface area contributed by atoms with E-state index in [0.29, 0.717) is 23.3 Å². The van der Waals surface area contributed by atoms with Crippen molar-refractivity contribution in [2.24, 2.45) is 0 Å². The summed E-state index contributed by atoms with van der Waals surface area (Å²) in [6.45, 7) is 2.70. The summed E-state index contributed by atoms with van der Waals surface area (Å²) in [5.74, 6) is -0.221. The number of amides is 1. The van der Waals surface area contributed by atoms with E-state index < -0.39 is 29.1 Å². The first-order chi connectivity index (χ1) is 18.3. The van der Waals surface area contributed by atoms with Crippen molar-refractivity contribution in [3.8, 4) is 5.75 Å². The predicted octanol–water partition coefficient (Wildman–Crippen LogP) is 7.52. The van der Waals surface area contributed by atoms with Gasteiger partial charge in [-0.1, -0.05) is 56.5 Å². The maximum absolute atomic E-state index is 13.6. The van der Waals surface area contributed by atoms with Crippen LogP contribution in [0, 0.1) is 0 Å². The van der Waals surface area contributed by atoms with Gasteiger partial charge >= 0.3 is 6.18 Å². The lowest BCUT2D eigenvalue weighted by molar-refractivity contribution is -0.137. The quantitative estimate of drug-likeness (QED) is 0.225. The molecule has 0 bridgehead atoms. The molecule has 0 aliphatic carbocycles. The second kappa shape index (κ2) is 10.4. The molecule has 1 unspecified atom stereocenters. The molecule has 0 spiro atoms. The maximum Gasteiger partial charge on any atom is 0.416 e. The molecule has 0 saturated heterocycles. The summed E-state index contributed by atoms with van der Waals surface area (Å²) in [5, 5.41) is 0.293. The average molecular weight is 522 g/mol. The summed E-state index contributed by atoms with van der Waals surface area (Å²) in [6.07, 6.45) is -0.329. The summed E-state index contributed by atoms with van der Waals surface area (Å²) >= 11 is 0. The fourth-order valence-electron chi connectivity index (χ4n) is 4.80. The standard InChI is InChI=1S/C30H26F3NO4/c1-2-3-4-7-17-37-22-15-13-19(14-16-22)26-25-27(35)23-11-5-6-12-24(23)38-28(25)29(36)34(26)21-10-8-9-20(18-21)30(31,32)33/h5-6,8-16,18,26H,2-4,7,17H2,1H3. The lowest BCUT2D eigenvalue weighted by Crippen LogP contribution is -2.29. The zero-order chi connectivity index (χ0) is 26.9. The van der Waals surface area contributed by atoms with E-state index in [-0.39, 0.29) is 22.6 Å². The van der Waals surface area contributed by atoms with Gasteiger partial charge in [-0.05, 0) is 54.4 Å². The largest absolute Gasteiger partial charge is 0.494 e. The monoisotopic (exact) mass is 521 g/mol. The molecule has 3 aromatic carbocycles. The Morgan fingerprint density at radius 2 is 1.68 bits per heavy atom. The van der Waals surface area contributed by atoms with Crippen LogP contribution >= 0.6 is 0 Å². The highest BCUT2D eigenvalue weighted by molar-refractivity contribution is 6.10. The zero-order valence-corrected chi connectivity index (χ0v) is 20.8. The van der Waals surface area contributed by atoms with Crippen LogP contribution in [-0.2, 0) is 6.18 Å². The Kier molecular flexibility index (Phi) is 6.97. The second-order valence-electron chi connectivity index (χ2n) is 9.27. The number of halogens is 3. The van der Waals surface area contributed by atoms with Gasteiger partial charge in [-0.25, -0.2) is 0 Å². The van der Waals surface area contributed by atoms with Crippen LogP contribution in [0.5, 0.6) is 5.75 Å². The Morgan fingerprint density at radius 1 is 0.921 bits per heavy atom. The SMILES string of the molecule is CCCCCCOc1ccc(C2c3c(oc4ccccc4c3=O)C(=O)N2c2cccc(C(F)(F)F)c2)cc1. The van der Waals surface area contributed by atoms with Crippen LogP contribution < -0.4 is 15.1 Å². The van der Waals surface area contributed by atoms with Crippen LogP contribution in [0.3, 0.4) is 0 Å². The number of carbonyl (C=O) groups is 1. The van der Waals surface area contributed by atoms with Gasteiger partial charge < -0.3 is 9.15 Å². The van der Waals surface area contributed by atoms with E-state index in [0.717, 1.165) is 37.8 Å². The van der Waals surface area contributed by atoms with E-state index >= 15 is 0 Å². The predicted molar refractivity (Wildman–Crippen MR) is 139 cm³/mol. The van der Waals surface area contributed by atoms with Crippen molar-refractivity contribution in [2.75, 3.05) is 11.5 Å². The van der Waals surface area contributed by atoms with Crippen molar-refractivity contribution >= 4 is 22.6 Å². The fraction of sp³-hybridized carbons (Fsp3) is 0.267. The third-order valence-corrected chi connectivity index (χ3v) is 6.69. The molecule has 196 valence electrons. The number of anilines is 1. The molecule has 5 nitrogen and oxygen atoms in total. The van der Waals surface area contributed by atoms with Crippen molar-refractivity contribution in [2.45, 2.75) is 44.8 Å². The topological polar surface area (TPSA) is 59.8 Å². The molecule has 0 radical (unpaired) electrons. The third kappa shape index (κ3) is 4.78. The van der Waals surface area contributed by atoms with Gasteiger partial charge in [-0.15, -0.1) is 0 Å². The minimum Gasteiger partial charge on any atom is -0.494 e. The summed E-state index contributed by atoms with van der Waals surface area (Å²) in [7, 11) is 0. The van der Waals surface area contributed by atoms with Gasteiger partial charge in [0.1, 0.15) is 11.3 Å². The van der Waals surface area contributed by atoms with E-state index in [1.165, 1.54) is 17.0 Å². The molecule has 1 aliphatic rings. The van der Waals surface area contributed by atoms with E-state index in [1.54, 1.807) is 48.5 Å². The van der Waals surface area contributed by atoms with Gasteiger partial charge in [0.2, 0.25) is 5.76 Å². The number of para-hydroxylation sites is 1. The number of hydrogen-bond donors (Lipinski definition) is 0. The molecule has 0 N–H and O–H groups in total. The minimum absolute atomic E-state index is 0.0148. The summed E-state index contributed by atoms with van der Waals surface area (Å²) in [6, 6.07) is 17.0. The van der Waals surface area contributed by atoms with Gasteiger partial charge in [0.15, 0.2) is 5.43 Å². The Morgan fingerprint density at radius 3 is 2.42 bits per heavy atom. The van der Waals surface area contributed by atoms with Crippen LogP contribution in [-0.4, -0.2) is 12.5 Å². The number of hydrogen-bond acceptors (Lipinski definition) is 4. The Labute approximate surface area is 217 Å². The van der Waals surface area contributed by atoms with Crippen LogP contribution in [0.25, 0.3) is 11.0 Å². The summed E-state index contributed by atoms with van der Waals surface area (Å²) < 4.78 is 52.2. The molecule has 1 aromatic heterocycles. The van der Waals surface area contributed by atoms with Gasteiger partial charge in [-0.2, -0.15) is 13.2 Å². The lowest BCUT2D eigenvalue weighted by Gasteiger charge is -2.26. The molecular formula is C30H26F3NO4. The molecule has 8 heteroatoms. The molecule has 2 heterocycles. The molecular weight excluding hydrogens is 495 g/mol.